The van der Waals surface area contributed by atoms with Crippen LogP contribution in [0.15, 0.2) is 29.2 Å². The van der Waals surface area contributed by atoms with E-state index in [0.717, 1.165) is 22.8 Å². The van der Waals surface area contributed by atoms with Gasteiger partial charge in [-0.15, -0.1) is 11.8 Å². The van der Waals surface area contributed by atoms with E-state index in [-0.39, 0.29) is 11.8 Å². The average molecular weight is 262 g/mol. The third kappa shape index (κ3) is 2.70. The monoisotopic (exact) mass is 262 g/mol. The number of rotatable bonds is 4. The molecule has 18 heavy (non-hydrogen) atoms. The number of nitrogens with zero attached hydrogens (tertiary/aromatic N) is 1. The van der Waals surface area contributed by atoms with Gasteiger partial charge in [0.05, 0.1) is 5.69 Å². The number of aromatic amines is 1. The Hall–Kier alpha value is -1.42. The van der Waals surface area contributed by atoms with Crippen LogP contribution in [-0.2, 0) is 0 Å². The van der Waals surface area contributed by atoms with Gasteiger partial charge in [0.15, 0.2) is 0 Å². The minimum Gasteiger partial charge on any atom is -0.492 e. The minimum absolute atomic E-state index is 0.104. The average Bonchev–Trinajstić information content (AvgIpc) is 2.73. The lowest BCUT2D eigenvalue weighted by molar-refractivity contribution is 0.446. The quantitative estimate of drug-likeness (QED) is 0.818. The van der Waals surface area contributed by atoms with Gasteiger partial charge in [-0.05, 0) is 23.8 Å². The molecule has 1 aromatic carbocycles. The SMILES string of the molecule is CCSc1ccc(-c2nc(O)c(C(C)C)[nH]2)cc1. The summed E-state index contributed by atoms with van der Waals surface area (Å²) in [6, 6.07) is 8.22. The normalized spacial score (nSPS) is 11.1. The van der Waals surface area contributed by atoms with Crippen LogP contribution < -0.4 is 0 Å². The fraction of sp³-hybridized carbons (Fsp3) is 0.357. The molecule has 0 amide bonds. The third-order valence-electron chi connectivity index (χ3n) is 2.73. The second kappa shape index (κ2) is 5.48. The lowest BCUT2D eigenvalue weighted by Crippen LogP contribution is -1.87. The molecule has 0 aliphatic carbocycles. The van der Waals surface area contributed by atoms with Crippen molar-refractivity contribution in [2.75, 3.05) is 5.75 Å². The highest BCUT2D eigenvalue weighted by atomic mass is 32.2. The Balaban J connectivity index is 2.28. The summed E-state index contributed by atoms with van der Waals surface area (Å²) in [5, 5.41) is 9.76. The van der Waals surface area contributed by atoms with Crippen molar-refractivity contribution in [3.05, 3.63) is 30.0 Å². The van der Waals surface area contributed by atoms with E-state index in [4.69, 9.17) is 0 Å². The van der Waals surface area contributed by atoms with E-state index in [9.17, 15) is 5.11 Å². The van der Waals surface area contributed by atoms with Crippen molar-refractivity contribution in [2.24, 2.45) is 0 Å². The van der Waals surface area contributed by atoms with Crippen LogP contribution in [0.3, 0.4) is 0 Å². The molecule has 0 bridgehead atoms. The standard InChI is InChI=1S/C14H18N2OS/c1-4-18-11-7-5-10(6-8-11)13-15-12(9(2)3)14(17)16-13/h5-9,17H,4H2,1-3H3,(H,15,16). The summed E-state index contributed by atoms with van der Waals surface area (Å²) in [4.78, 5) is 8.60. The van der Waals surface area contributed by atoms with Crippen molar-refractivity contribution >= 4 is 11.8 Å². The number of hydrogen-bond acceptors (Lipinski definition) is 3. The van der Waals surface area contributed by atoms with Crippen molar-refractivity contribution in [1.29, 1.82) is 0 Å². The molecule has 2 rings (SSSR count). The first-order valence-electron chi connectivity index (χ1n) is 6.14. The summed E-state index contributed by atoms with van der Waals surface area (Å²) in [5.74, 6) is 2.13. The Labute approximate surface area is 112 Å². The lowest BCUT2D eigenvalue weighted by Gasteiger charge is -2.01. The first-order valence-corrected chi connectivity index (χ1v) is 7.12. The van der Waals surface area contributed by atoms with Gasteiger partial charge in [0.2, 0.25) is 5.88 Å². The zero-order valence-corrected chi connectivity index (χ0v) is 11.7. The number of aromatic nitrogens is 2. The molecule has 0 atom stereocenters. The summed E-state index contributed by atoms with van der Waals surface area (Å²) >= 11 is 1.81. The maximum atomic E-state index is 9.76. The number of imidazole rings is 1. The van der Waals surface area contributed by atoms with Crippen molar-refractivity contribution in [3.8, 4) is 17.3 Å². The Bertz CT molecular complexity index is 517. The molecule has 1 aromatic heterocycles. The van der Waals surface area contributed by atoms with Crippen LogP contribution >= 0.6 is 11.8 Å². The van der Waals surface area contributed by atoms with Gasteiger partial charge in [0.1, 0.15) is 5.82 Å². The maximum absolute atomic E-state index is 9.76. The lowest BCUT2D eigenvalue weighted by atomic mass is 10.1. The summed E-state index contributed by atoms with van der Waals surface area (Å²) in [6.07, 6.45) is 0. The topological polar surface area (TPSA) is 48.9 Å². The molecule has 0 spiro atoms. The molecule has 0 aliphatic heterocycles. The van der Waals surface area contributed by atoms with E-state index in [1.54, 1.807) is 0 Å². The van der Waals surface area contributed by atoms with Crippen molar-refractivity contribution in [2.45, 2.75) is 31.6 Å². The molecule has 96 valence electrons. The van der Waals surface area contributed by atoms with E-state index in [1.807, 2.05) is 37.7 Å². The van der Waals surface area contributed by atoms with Gasteiger partial charge in [0.25, 0.3) is 0 Å². The Morgan fingerprint density at radius 1 is 1.28 bits per heavy atom. The molecule has 4 heteroatoms. The van der Waals surface area contributed by atoms with Gasteiger partial charge < -0.3 is 10.1 Å². The highest BCUT2D eigenvalue weighted by Crippen LogP contribution is 2.28. The van der Waals surface area contributed by atoms with Gasteiger partial charge in [-0.2, -0.15) is 4.98 Å². The molecule has 0 saturated heterocycles. The maximum Gasteiger partial charge on any atom is 0.233 e. The second-order valence-electron chi connectivity index (χ2n) is 4.43. The summed E-state index contributed by atoms with van der Waals surface area (Å²) in [7, 11) is 0. The van der Waals surface area contributed by atoms with Gasteiger partial charge in [0, 0.05) is 10.5 Å². The van der Waals surface area contributed by atoms with E-state index in [1.165, 1.54) is 4.90 Å². The van der Waals surface area contributed by atoms with Crippen LogP contribution in [0.1, 0.15) is 32.4 Å². The first kappa shape index (κ1) is 13.0. The number of hydrogen-bond donors (Lipinski definition) is 2. The number of H-pyrrole nitrogens is 1. The number of benzene rings is 1. The molecule has 2 aromatic rings. The molecule has 1 heterocycles. The van der Waals surface area contributed by atoms with Crippen LogP contribution in [0.5, 0.6) is 5.88 Å². The smallest absolute Gasteiger partial charge is 0.233 e. The van der Waals surface area contributed by atoms with Crippen LogP contribution in [0.4, 0.5) is 0 Å². The van der Waals surface area contributed by atoms with Gasteiger partial charge in [-0.1, -0.05) is 32.9 Å². The van der Waals surface area contributed by atoms with E-state index in [2.05, 4.69) is 29.0 Å². The molecular weight excluding hydrogens is 244 g/mol. The predicted octanol–water partition coefficient (Wildman–Crippen LogP) is 4.02. The fourth-order valence-electron chi connectivity index (χ4n) is 1.79. The molecule has 0 fully saturated rings. The number of nitrogens with one attached hydrogen (secondary N) is 1. The summed E-state index contributed by atoms with van der Waals surface area (Å²) < 4.78 is 0. The van der Waals surface area contributed by atoms with E-state index >= 15 is 0 Å². The van der Waals surface area contributed by atoms with Crippen LogP contribution in [0, 0.1) is 0 Å². The highest BCUT2D eigenvalue weighted by molar-refractivity contribution is 7.99. The van der Waals surface area contributed by atoms with E-state index in [0.29, 0.717) is 0 Å². The Kier molecular flexibility index (Phi) is 3.97. The summed E-state index contributed by atoms with van der Waals surface area (Å²) in [5.41, 5.74) is 1.79. The zero-order valence-electron chi connectivity index (χ0n) is 10.9. The fourth-order valence-corrected chi connectivity index (χ4v) is 2.45. The van der Waals surface area contributed by atoms with Crippen molar-refractivity contribution in [3.63, 3.8) is 0 Å². The third-order valence-corrected chi connectivity index (χ3v) is 3.62. The van der Waals surface area contributed by atoms with Crippen molar-refractivity contribution < 1.29 is 5.11 Å². The molecule has 0 radical (unpaired) electrons. The molecule has 3 nitrogen and oxygen atoms in total. The zero-order chi connectivity index (χ0) is 13.1. The Morgan fingerprint density at radius 3 is 2.44 bits per heavy atom. The summed E-state index contributed by atoms with van der Waals surface area (Å²) in [6.45, 7) is 6.19. The molecule has 0 unspecified atom stereocenters. The Morgan fingerprint density at radius 2 is 1.94 bits per heavy atom. The first-order chi connectivity index (χ1) is 8.61. The van der Waals surface area contributed by atoms with E-state index < -0.39 is 0 Å². The van der Waals surface area contributed by atoms with Gasteiger partial charge in [-0.3, -0.25) is 0 Å². The van der Waals surface area contributed by atoms with Crippen LogP contribution in [-0.4, -0.2) is 20.8 Å². The number of thioether (sulfide) groups is 1. The second-order valence-corrected chi connectivity index (χ2v) is 5.77. The largest absolute Gasteiger partial charge is 0.492 e. The number of aromatic hydroxyl groups is 1. The predicted molar refractivity (Wildman–Crippen MR) is 76.2 cm³/mol. The molecular formula is C14H18N2OS. The van der Waals surface area contributed by atoms with Crippen molar-refractivity contribution in [1.82, 2.24) is 9.97 Å². The van der Waals surface area contributed by atoms with Crippen LogP contribution in [0.2, 0.25) is 0 Å². The highest BCUT2D eigenvalue weighted by Gasteiger charge is 2.13. The van der Waals surface area contributed by atoms with Gasteiger partial charge in [-0.25, -0.2) is 0 Å². The molecule has 2 N–H and O–H groups in total. The molecule has 0 saturated carbocycles. The van der Waals surface area contributed by atoms with Crippen LogP contribution in [0.25, 0.3) is 11.4 Å². The molecule has 0 aliphatic rings. The van der Waals surface area contributed by atoms with Gasteiger partial charge >= 0.3 is 0 Å². The minimum atomic E-state index is 0.104.